The second-order valence-electron chi connectivity index (χ2n) is 6.67. The van der Waals surface area contributed by atoms with E-state index in [0.29, 0.717) is 16.6 Å². The normalized spacial score (nSPS) is 16.2. The minimum absolute atomic E-state index is 0.0856. The maximum absolute atomic E-state index is 12.9. The molecule has 0 N–H and O–H groups in total. The van der Waals surface area contributed by atoms with Crippen LogP contribution < -0.4 is 11.2 Å². The van der Waals surface area contributed by atoms with Crippen LogP contribution in [-0.2, 0) is 6.54 Å². The quantitative estimate of drug-likeness (QED) is 0.728. The van der Waals surface area contributed by atoms with E-state index in [-0.39, 0.29) is 18.5 Å². The minimum atomic E-state index is -0.526. The van der Waals surface area contributed by atoms with Crippen LogP contribution in [0.4, 0.5) is 0 Å². The van der Waals surface area contributed by atoms with E-state index >= 15 is 0 Å². The number of aromatic nitrogens is 2. The zero-order valence-electron chi connectivity index (χ0n) is 14.5. The Morgan fingerprint density at radius 1 is 1.08 bits per heavy atom. The zero-order valence-corrected chi connectivity index (χ0v) is 14.5. The standard InChI is InChI=1S/C20H21N3O3/c24-19(14-23-16-10-4-5-11-17(16)26-20(23)25)22-13-7-6-12-18(22)21-15-8-2-1-3-9-15/h4-7,10-13,15H,1-3,8-9,14H2. The topological polar surface area (TPSA) is 69.5 Å². The van der Waals surface area contributed by atoms with Gasteiger partial charge in [0.05, 0.1) is 11.6 Å². The van der Waals surface area contributed by atoms with Crippen LogP contribution in [0.15, 0.2) is 62.9 Å². The Hall–Kier alpha value is -2.89. The van der Waals surface area contributed by atoms with Gasteiger partial charge in [-0.15, -0.1) is 0 Å². The number of rotatable bonds is 3. The fourth-order valence-electron chi connectivity index (χ4n) is 3.52. The summed E-state index contributed by atoms with van der Waals surface area (Å²) < 4.78 is 8.10. The molecule has 0 amide bonds. The predicted molar refractivity (Wildman–Crippen MR) is 98.0 cm³/mol. The van der Waals surface area contributed by atoms with E-state index < -0.39 is 5.76 Å². The summed E-state index contributed by atoms with van der Waals surface area (Å²) in [7, 11) is 0. The molecule has 3 aromatic rings. The van der Waals surface area contributed by atoms with E-state index in [1.165, 1.54) is 28.4 Å². The number of hydrogen-bond donors (Lipinski definition) is 0. The number of oxazole rings is 1. The maximum atomic E-state index is 12.9. The number of carbonyl (C=O) groups is 1. The lowest BCUT2D eigenvalue weighted by Crippen LogP contribution is -2.32. The number of para-hydroxylation sites is 2. The molecule has 134 valence electrons. The molecule has 1 saturated carbocycles. The molecule has 2 heterocycles. The van der Waals surface area contributed by atoms with Crippen molar-refractivity contribution in [2.45, 2.75) is 44.7 Å². The molecule has 6 heteroatoms. The van der Waals surface area contributed by atoms with Crippen molar-refractivity contribution in [3.05, 3.63) is 64.7 Å². The molecule has 0 aliphatic heterocycles. The Kier molecular flexibility index (Phi) is 4.56. The first-order valence-electron chi connectivity index (χ1n) is 9.05. The summed E-state index contributed by atoms with van der Waals surface area (Å²) in [5, 5.41) is 0. The zero-order chi connectivity index (χ0) is 17.9. The summed E-state index contributed by atoms with van der Waals surface area (Å²) in [5.74, 6) is -0.740. The van der Waals surface area contributed by atoms with Crippen molar-refractivity contribution in [2.24, 2.45) is 4.99 Å². The highest BCUT2D eigenvalue weighted by molar-refractivity contribution is 5.81. The van der Waals surface area contributed by atoms with Gasteiger partial charge in [-0.3, -0.25) is 18.9 Å². The first-order chi connectivity index (χ1) is 12.7. The highest BCUT2D eigenvalue weighted by Crippen LogP contribution is 2.19. The van der Waals surface area contributed by atoms with Crippen molar-refractivity contribution in [2.75, 3.05) is 0 Å². The smallest absolute Gasteiger partial charge is 0.408 e. The molecule has 4 rings (SSSR count). The van der Waals surface area contributed by atoms with Crippen LogP contribution in [0.3, 0.4) is 0 Å². The summed E-state index contributed by atoms with van der Waals surface area (Å²) in [4.78, 5) is 29.8. The number of carbonyl (C=O) groups excluding carboxylic acids is 1. The van der Waals surface area contributed by atoms with E-state index in [9.17, 15) is 9.59 Å². The van der Waals surface area contributed by atoms with Crippen molar-refractivity contribution < 1.29 is 9.21 Å². The highest BCUT2D eigenvalue weighted by Gasteiger charge is 2.15. The molecule has 0 bridgehead atoms. The Balaban J connectivity index is 1.67. The van der Waals surface area contributed by atoms with Gasteiger partial charge in [0.2, 0.25) is 0 Å². The van der Waals surface area contributed by atoms with Crippen LogP contribution >= 0.6 is 0 Å². The maximum Gasteiger partial charge on any atom is 0.420 e. The van der Waals surface area contributed by atoms with E-state index in [2.05, 4.69) is 0 Å². The van der Waals surface area contributed by atoms with E-state index in [1.807, 2.05) is 18.2 Å². The largest absolute Gasteiger partial charge is 0.420 e. The number of nitrogens with zero attached hydrogens (tertiary/aromatic N) is 3. The third kappa shape index (κ3) is 3.27. The molecular weight excluding hydrogens is 330 g/mol. The first kappa shape index (κ1) is 16.6. The van der Waals surface area contributed by atoms with Crippen molar-refractivity contribution in [3.8, 4) is 0 Å². The fraction of sp³-hybridized carbons (Fsp3) is 0.350. The van der Waals surface area contributed by atoms with Crippen LogP contribution in [0.2, 0.25) is 0 Å². The highest BCUT2D eigenvalue weighted by atomic mass is 16.4. The summed E-state index contributed by atoms with van der Waals surface area (Å²) in [6, 6.07) is 12.9. The lowest BCUT2D eigenvalue weighted by molar-refractivity contribution is 0.0883. The molecule has 1 aliphatic carbocycles. The average Bonchev–Trinajstić information content (AvgIpc) is 2.98. The van der Waals surface area contributed by atoms with Crippen molar-refractivity contribution in [3.63, 3.8) is 0 Å². The Morgan fingerprint density at radius 3 is 2.69 bits per heavy atom. The van der Waals surface area contributed by atoms with E-state index in [0.717, 1.165) is 12.8 Å². The molecule has 0 radical (unpaired) electrons. The van der Waals surface area contributed by atoms with Gasteiger partial charge in [0.25, 0.3) is 5.91 Å². The van der Waals surface area contributed by atoms with Gasteiger partial charge in [-0.2, -0.15) is 0 Å². The third-order valence-corrected chi connectivity index (χ3v) is 4.86. The molecular formula is C20H21N3O3. The molecule has 0 saturated heterocycles. The van der Waals surface area contributed by atoms with Crippen LogP contribution in [0.5, 0.6) is 0 Å². The van der Waals surface area contributed by atoms with Gasteiger partial charge in [0.15, 0.2) is 5.58 Å². The fourth-order valence-corrected chi connectivity index (χ4v) is 3.52. The van der Waals surface area contributed by atoms with Crippen molar-refractivity contribution >= 4 is 17.0 Å². The van der Waals surface area contributed by atoms with Crippen molar-refractivity contribution in [1.29, 1.82) is 0 Å². The van der Waals surface area contributed by atoms with Gasteiger partial charge < -0.3 is 4.42 Å². The Labute approximate surface area is 150 Å². The Bertz CT molecular complexity index is 1050. The van der Waals surface area contributed by atoms with Crippen LogP contribution in [-0.4, -0.2) is 21.1 Å². The molecule has 1 aliphatic rings. The first-order valence-corrected chi connectivity index (χ1v) is 9.05. The molecule has 2 aromatic heterocycles. The number of pyridine rings is 1. The molecule has 0 unspecified atom stereocenters. The van der Waals surface area contributed by atoms with E-state index in [1.54, 1.807) is 30.5 Å². The predicted octanol–water partition coefficient (Wildman–Crippen LogP) is 2.97. The van der Waals surface area contributed by atoms with Gasteiger partial charge in [-0.1, -0.05) is 37.5 Å². The minimum Gasteiger partial charge on any atom is -0.408 e. The van der Waals surface area contributed by atoms with Gasteiger partial charge in [0.1, 0.15) is 12.0 Å². The van der Waals surface area contributed by atoms with Crippen LogP contribution in [0.1, 0.15) is 36.9 Å². The SMILES string of the molecule is O=C(Cn1c(=O)oc2ccccc21)n1ccccc1=NC1CCCCC1. The van der Waals surface area contributed by atoms with Gasteiger partial charge in [-0.25, -0.2) is 4.79 Å². The van der Waals surface area contributed by atoms with Gasteiger partial charge in [0, 0.05) is 6.20 Å². The summed E-state index contributed by atoms with van der Waals surface area (Å²) in [6.45, 7) is -0.0856. The second kappa shape index (κ2) is 7.15. The molecule has 6 nitrogen and oxygen atoms in total. The van der Waals surface area contributed by atoms with Crippen LogP contribution in [0, 0.1) is 0 Å². The molecule has 1 fully saturated rings. The number of hydrogen-bond acceptors (Lipinski definition) is 4. The monoisotopic (exact) mass is 351 g/mol. The average molecular weight is 351 g/mol. The van der Waals surface area contributed by atoms with Crippen LogP contribution in [0.25, 0.3) is 11.1 Å². The third-order valence-electron chi connectivity index (χ3n) is 4.86. The van der Waals surface area contributed by atoms with Gasteiger partial charge >= 0.3 is 5.76 Å². The van der Waals surface area contributed by atoms with E-state index in [4.69, 9.17) is 9.41 Å². The molecule has 26 heavy (non-hydrogen) atoms. The second-order valence-corrected chi connectivity index (χ2v) is 6.67. The van der Waals surface area contributed by atoms with Gasteiger partial charge in [-0.05, 0) is 37.1 Å². The molecule has 1 aromatic carbocycles. The Morgan fingerprint density at radius 2 is 1.85 bits per heavy atom. The summed E-state index contributed by atoms with van der Waals surface area (Å²) >= 11 is 0. The lowest BCUT2D eigenvalue weighted by Gasteiger charge is -2.17. The summed E-state index contributed by atoms with van der Waals surface area (Å²) in [5.41, 5.74) is 1.74. The number of fused-ring (bicyclic) bond motifs is 1. The lowest BCUT2D eigenvalue weighted by atomic mass is 9.96. The molecule has 0 atom stereocenters. The molecule has 0 spiro atoms. The number of benzene rings is 1. The summed E-state index contributed by atoms with van der Waals surface area (Å²) in [6.07, 6.45) is 7.47. The van der Waals surface area contributed by atoms with Crippen molar-refractivity contribution in [1.82, 2.24) is 9.13 Å².